The topological polar surface area (TPSA) is 105 Å². The maximum Gasteiger partial charge on any atom is 0.418 e. The molecule has 0 aliphatic heterocycles. The Morgan fingerprint density at radius 1 is 1.00 bits per heavy atom. The highest BCUT2D eigenvalue weighted by Crippen LogP contribution is 2.20. The summed E-state index contributed by atoms with van der Waals surface area (Å²) in [6.45, 7) is 1.32. The van der Waals surface area contributed by atoms with Crippen LogP contribution in [0.25, 0.3) is 0 Å². The highest BCUT2D eigenvalue weighted by molar-refractivity contribution is 5.78. The van der Waals surface area contributed by atoms with Crippen LogP contribution in [0.4, 0.5) is 11.4 Å². The van der Waals surface area contributed by atoms with Gasteiger partial charge in [-0.1, -0.05) is 24.3 Å². The van der Waals surface area contributed by atoms with Gasteiger partial charge >= 0.3 is 12.4 Å². The van der Waals surface area contributed by atoms with Crippen molar-refractivity contribution in [3.63, 3.8) is 0 Å². The maximum atomic E-state index is 12.1. The lowest BCUT2D eigenvalue weighted by Crippen LogP contribution is -2.18. The largest absolute Gasteiger partial charge is 0.458 e. The molecule has 0 aromatic heterocycles. The van der Waals surface area contributed by atoms with Crippen LogP contribution in [0.5, 0.6) is 0 Å². The molecule has 0 amide bonds. The zero-order valence-electron chi connectivity index (χ0n) is 11.7. The Morgan fingerprint density at radius 2 is 1.55 bits per heavy atom. The van der Waals surface area contributed by atoms with Crippen molar-refractivity contribution in [2.45, 2.75) is 12.7 Å². The van der Waals surface area contributed by atoms with Gasteiger partial charge in [0.05, 0.1) is 0 Å². The predicted molar refractivity (Wildman–Crippen MR) is 81.0 cm³/mol. The number of rotatable bonds is 6. The standard InChI is InChI=1S/C16H15N2O4/c17-13-5-1-11(2-6-13)9-21-16(20)15(22-10-19)12-3-7-14(18)8-4-12/h1-8,15H,9,17-18H2. The lowest BCUT2D eigenvalue weighted by molar-refractivity contribution is -0.154. The molecular formula is C16H15N2O4. The minimum absolute atomic E-state index is 0.0484. The van der Waals surface area contributed by atoms with E-state index in [-0.39, 0.29) is 6.61 Å². The predicted octanol–water partition coefficient (Wildman–Crippen LogP) is 1.72. The van der Waals surface area contributed by atoms with Crippen LogP contribution >= 0.6 is 0 Å². The summed E-state index contributed by atoms with van der Waals surface area (Å²) in [6.07, 6.45) is -1.17. The number of ether oxygens (including phenoxy) is 2. The zero-order valence-corrected chi connectivity index (χ0v) is 11.7. The fraction of sp³-hybridized carbons (Fsp3) is 0.125. The Balaban J connectivity index is 2.04. The average Bonchev–Trinajstić information content (AvgIpc) is 2.53. The van der Waals surface area contributed by atoms with Crippen LogP contribution in [-0.4, -0.2) is 12.4 Å². The lowest BCUT2D eigenvalue weighted by Gasteiger charge is -2.14. The van der Waals surface area contributed by atoms with Gasteiger partial charge in [-0.05, 0) is 29.8 Å². The third-order valence-corrected chi connectivity index (χ3v) is 2.98. The molecule has 113 valence electrons. The monoisotopic (exact) mass is 299 g/mol. The quantitative estimate of drug-likeness (QED) is 0.621. The summed E-state index contributed by atoms with van der Waals surface area (Å²) in [5, 5.41) is 0. The second-order valence-electron chi connectivity index (χ2n) is 4.60. The number of nitrogen functional groups attached to an aromatic ring is 2. The molecule has 0 aliphatic rings. The first-order valence-electron chi connectivity index (χ1n) is 6.49. The van der Waals surface area contributed by atoms with E-state index in [0.29, 0.717) is 16.9 Å². The number of hydrogen-bond donors (Lipinski definition) is 2. The van der Waals surface area contributed by atoms with Crippen LogP contribution in [-0.2, 0) is 25.7 Å². The van der Waals surface area contributed by atoms with Crippen LogP contribution < -0.4 is 11.5 Å². The van der Waals surface area contributed by atoms with Crippen LogP contribution in [0, 0.1) is 0 Å². The van der Waals surface area contributed by atoms with Gasteiger partial charge in [0, 0.05) is 16.9 Å². The molecule has 2 rings (SSSR count). The third kappa shape index (κ3) is 3.99. The van der Waals surface area contributed by atoms with Gasteiger partial charge < -0.3 is 20.9 Å². The Hall–Kier alpha value is -3.02. The van der Waals surface area contributed by atoms with Gasteiger partial charge in [0.2, 0.25) is 6.10 Å². The van der Waals surface area contributed by atoms with Gasteiger partial charge in [-0.2, -0.15) is 0 Å². The minimum Gasteiger partial charge on any atom is -0.458 e. The molecule has 6 nitrogen and oxygen atoms in total. The molecule has 0 saturated heterocycles. The highest BCUT2D eigenvalue weighted by atomic mass is 16.6. The van der Waals surface area contributed by atoms with Crippen molar-refractivity contribution < 1.29 is 19.1 Å². The molecule has 0 spiro atoms. The van der Waals surface area contributed by atoms with Crippen molar-refractivity contribution in [3.05, 3.63) is 59.7 Å². The maximum absolute atomic E-state index is 12.1. The van der Waals surface area contributed by atoms with Crippen molar-refractivity contribution in [3.8, 4) is 0 Å². The molecular weight excluding hydrogens is 284 g/mol. The fourth-order valence-corrected chi connectivity index (χ4v) is 1.82. The number of benzene rings is 2. The molecule has 0 aliphatic carbocycles. The number of nitrogens with two attached hydrogens (primary N) is 2. The lowest BCUT2D eigenvalue weighted by atomic mass is 10.1. The average molecular weight is 299 g/mol. The first-order chi connectivity index (χ1) is 10.6. The van der Waals surface area contributed by atoms with Crippen LogP contribution in [0.1, 0.15) is 17.2 Å². The Labute approximate surface area is 127 Å². The Morgan fingerprint density at radius 3 is 2.09 bits per heavy atom. The summed E-state index contributed by atoms with van der Waals surface area (Å²) < 4.78 is 9.85. The Bertz CT molecular complexity index is 638. The van der Waals surface area contributed by atoms with E-state index in [2.05, 4.69) is 0 Å². The number of anilines is 2. The van der Waals surface area contributed by atoms with Crippen molar-refractivity contribution in [1.82, 2.24) is 0 Å². The van der Waals surface area contributed by atoms with Crippen molar-refractivity contribution in [2.24, 2.45) is 0 Å². The van der Waals surface area contributed by atoms with Gasteiger partial charge in [0.15, 0.2) is 0 Å². The zero-order chi connectivity index (χ0) is 15.9. The van der Waals surface area contributed by atoms with Crippen molar-refractivity contribution in [1.29, 1.82) is 0 Å². The molecule has 1 unspecified atom stereocenters. The van der Waals surface area contributed by atoms with E-state index in [0.717, 1.165) is 5.56 Å². The van der Waals surface area contributed by atoms with Gasteiger partial charge in [-0.15, -0.1) is 0 Å². The summed E-state index contributed by atoms with van der Waals surface area (Å²) in [7, 11) is 0. The summed E-state index contributed by atoms with van der Waals surface area (Å²) in [4.78, 5) is 22.6. The van der Waals surface area contributed by atoms with Crippen molar-refractivity contribution >= 4 is 23.8 Å². The van der Waals surface area contributed by atoms with Gasteiger partial charge in [-0.25, -0.2) is 9.59 Å². The highest BCUT2D eigenvalue weighted by Gasteiger charge is 2.24. The minimum atomic E-state index is -1.17. The molecule has 4 N–H and O–H groups in total. The number of hydrogen-bond acceptors (Lipinski definition) is 6. The van der Waals surface area contributed by atoms with E-state index in [1.807, 2.05) is 0 Å². The summed E-state index contributed by atoms with van der Waals surface area (Å²) in [5.41, 5.74) is 13.5. The molecule has 2 aromatic rings. The third-order valence-electron chi connectivity index (χ3n) is 2.98. The van der Waals surface area contributed by atoms with Gasteiger partial charge in [0.1, 0.15) is 6.61 Å². The van der Waals surface area contributed by atoms with Crippen LogP contribution in [0.15, 0.2) is 48.5 Å². The van der Waals surface area contributed by atoms with Crippen LogP contribution in [0.3, 0.4) is 0 Å². The van der Waals surface area contributed by atoms with E-state index < -0.39 is 12.1 Å². The molecule has 1 radical (unpaired) electrons. The summed E-state index contributed by atoms with van der Waals surface area (Å²) >= 11 is 0. The molecule has 2 aromatic carbocycles. The van der Waals surface area contributed by atoms with Gasteiger partial charge in [-0.3, -0.25) is 0 Å². The van der Waals surface area contributed by atoms with Gasteiger partial charge in [0.25, 0.3) is 0 Å². The molecule has 0 fully saturated rings. The van der Waals surface area contributed by atoms with E-state index in [1.165, 1.54) is 6.47 Å². The normalized spacial score (nSPS) is 11.5. The number of esters is 1. The van der Waals surface area contributed by atoms with E-state index in [4.69, 9.17) is 20.9 Å². The first kappa shape index (κ1) is 15.4. The summed E-state index contributed by atoms with van der Waals surface area (Å²) in [6, 6.07) is 13.3. The number of carbonyl (C=O) groups excluding carboxylic acids is 2. The first-order valence-corrected chi connectivity index (χ1v) is 6.49. The van der Waals surface area contributed by atoms with E-state index in [1.54, 1.807) is 48.5 Å². The van der Waals surface area contributed by atoms with E-state index in [9.17, 15) is 9.59 Å². The molecule has 1 atom stereocenters. The number of carbonyl (C=O) groups is 1. The smallest absolute Gasteiger partial charge is 0.418 e. The SMILES string of the molecule is Nc1ccc(COC(=O)C(O[C]=O)c2ccc(N)cc2)cc1. The molecule has 0 saturated carbocycles. The molecule has 0 heterocycles. The second-order valence-corrected chi connectivity index (χ2v) is 4.60. The molecule has 0 bridgehead atoms. The summed E-state index contributed by atoms with van der Waals surface area (Å²) in [5.74, 6) is -0.690. The fourth-order valence-electron chi connectivity index (χ4n) is 1.82. The molecule has 6 heteroatoms. The second kappa shape index (κ2) is 7.12. The van der Waals surface area contributed by atoms with Crippen molar-refractivity contribution in [2.75, 3.05) is 11.5 Å². The van der Waals surface area contributed by atoms with Crippen LogP contribution in [0.2, 0.25) is 0 Å². The van der Waals surface area contributed by atoms with E-state index >= 15 is 0 Å². The Kier molecular flexibility index (Phi) is 4.98. The molecule has 22 heavy (non-hydrogen) atoms.